The number of sulfonamides is 1. The van der Waals surface area contributed by atoms with Crippen LogP contribution in [-0.2, 0) is 23.1 Å². The Labute approximate surface area is 121 Å². The number of benzene rings is 1. The lowest BCUT2D eigenvalue weighted by molar-refractivity contribution is 0.372. The molecule has 0 atom stereocenters. The second-order valence-electron chi connectivity index (χ2n) is 4.34. The summed E-state index contributed by atoms with van der Waals surface area (Å²) < 4.78 is 44.9. The van der Waals surface area contributed by atoms with Crippen LogP contribution in [0.2, 0.25) is 0 Å². The van der Waals surface area contributed by atoms with Crippen molar-refractivity contribution in [3.8, 4) is 0 Å². The molecule has 2 aromatic rings. The van der Waals surface area contributed by atoms with Gasteiger partial charge in [-0.3, -0.25) is 0 Å². The van der Waals surface area contributed by atoms with Gasteiger partial charge in [0, 0.05) is 12.1 Å². The summed E-state index contributed by atoms with van der Waals surface area (Å²) >= 11 is 0. The van der Waals surface area contributed by atoms with Gasteiger partial charge in [0.05, 0.1) is 11.4 Å². The SMILES string of the molecule is CNCc1cc(S(=O)(=O)NCc2nc(C)no2)ccc1F. The van der Waals surface area contributed by atoms with Crippen LogP contribution in [0.25, 0.3) is 0 Å². The average Bonchev–Trinajstić information content (AvgIpc) is 2.85. The molecule has 0 bridgehead atoms. The standard InChI is InChI=1S/C12H15FN4O3S/c1-8-16-12(20-17-8)7-15-21(18,19)10-3-4-11(13)9(5-10)6-14-2/h3-5,14-15H,6-7H2,1-2H3. The van der Waals surface area contributed by atoms with Crippen molar-refractivity contribution in [2.45, 2.75) is 24.9 Å². The fourth-order valence-corrected chi connectivity index (χ4v) is 2.72. The van der Waals surface area contributed by atoms with E-state index in [0.29, 0.717) is 5.82 Å². The first kappa shape index (κ1) is 15.5. The molecule has 114 valence electrons. The van der Waals surface area contributed by atoms with Crippen LogP contribution in [0, 0.1) is 12.7 Å². The zero-order chi connectivity index (χ0) is 15.5. The summed E-state index contributed by atoms with van der Waals surface area (Å²) in [5.41, 5.74) is 0.272. The van der Waals surface area contributed by atoms with E-state index < -0.39 is 15.8 Å². The van der Waals surface area contributed by atoms with Gasteiger partial charge < -0.3 is 9.84 Å². The molecule has 7 nitrogen and oxygen atoms in total. The topological polar surface area (TPSA) is 97.1 Å². The van der Waals surface area contributed by atoms with Crippen molar-refractivity contribution in [3.05, 3.63) is 41.3 Å². The molecule has 0 aliphatic carbocycles. The van der Waals surface area contributed by atoms with Crippen LogP contribution >= 0.6 is 0 Å². The highest BCUT2D eigenvalue weighted by Crippen LogP contribution is 2.15. The van der Waals surface area contributed by atoms with E-state index >= 15 is 0 Å². The molecule has 0 saturated heterocycles. The first-order valence-corrected chi connectivity index (χ1v) is 7.62. The minimum atomic E-state index is -3.78. The highest BCUT2D eigenvalue weighted by molar-refractivity contribution is 7.89. The van der Waals surface area contributed by atoms with Gasteiger partial charge >= 0.3 is 0 Å². The van der Waals surface area contributed by atoms with Gasteiger partial charge in [0.1, 0.15) is 5.82 Å². The third-order valence-electron chi connectivity index (χ3n) is 2.68. The minimum Gasteiger partial charge on any atom is -0.338 e. The molecule has 2 rings (SSSR count). The monoisotopic (exact) mass is 314 g/mol. The molecular formula is C12H15FN4O3S. The van der Waals surface area contributed by atoms with Gasteiger partial charge in [0.2, 0.25) is 15.9 Å². The van der Waals surface area contributed by atoms with Crippen molar-refractivity contribution in [1.82, 2.24) is 20.2 Å². The Morgan fingerprint density at radius 2 is 2.10 bits per heavy atom. The van der Waals surface area contributed by atoms with Crippen molar-refractivity contribution in [1.29, 1.82) is 0 Å². The summed E-state index contributed by atoms with van der Waals surface area (Å²) in [6.45, 7) is 1.74. The smallest absolute Gasteiger partial charge is 0.241 e. The fraction of sp³-hybridized carbons (Fsp3) is 0.333. The Kier molecular flexibility index (Phi) is 4.66. The Hall–Kier alpha value is -1.84. The number of halogens is 1. The highest BCUT2D eigenvalue weighted by atomic mass is 32.2. The molecule has 0 unspecified atom stereocenters. The molecule has 0 radical (unpaired) electrons. The molecule has 1 heterocycles. The first-order valence-electron chi connectivity index (χ1n) is 6.14. The number of hydrogen-bond donors (Lipinski definition) is 2. The van der Waals surface area contributed by atoms with Gasteiger partial charge in [-0.1, -0.05) is 5.16 Å². The maximum atomic E-state index is 13.5. The molecule has 1 aromatic heterocycles. The number of aryl methyl sites for hydroxylation is 1. The Morgan fingerprint density at radius 3 is 2.71 bits per heavy atom. The number of rotatable bonds is 6. The van der Waals surface area contributed by atoms with Crippen molar-refractivity contribution in [3.63, 3.8) is 0 Å². The quantitative estimate of drug-likeness (QED) is 0.815. The average molecular weight is 314 g/mol. The Balaban J connectivity index is 2.17. The summed E-state index contributed by atoms with van der Waals surface area (Å²) in [5, 5.41) is 6.34. The third-order valence-corrected chi connectivity index (χ3v) is 4.08. The molecule has 0 amide bonds. The van der Waals surface area contributed by atoms with Crippen molar-refractivity contribution >= 4 is 10.0 Å². The highest BCUT2D eigenvalue weighted by Gasteiger charge is 2.17. The van der Waals surface area contributed by atoms with E-state index in [1.807, 2.05) is 0 Å². The van der Waals surface area contributed by atoms with Gasteiger partial charge in [-0.05, 0) is 32.2 Å². The molecule has 9 heteroatoms. The van der Waals surface area contributed by atoms with E-state index in [4.69, 9.17) is 4.52 Å². The molecule has 2 N–H and O–H groups in total. The van der Waals surface area contributed by atoms with Crippen LogP contribution in [0.4, 0.5) is 4.39 Å². The van der Waals surface area contributed by atoms with Crippen LogP contribution in [0.1, 0.15) is 17.3 Å². The molecule has 0 aliphatic heterocycles. The van der Waals surface area contributed by atoms with E-state index in [0.717, 1.165) is 6.07 Å². The molecule has 1 aromatic carbocycles. The van der Waals surface area contributed by atoms with E-state index in [1.165, 1.54) is 12.1 Å². The van der Waals surface area contributed by atoms with Gasteiger partial charge in [-0.25, -0.2) is 17.5 Å². The van der Waals surface area contributed by atoms with Crippen LogP contribution < -0.4 is 10.0 Å². The summed E-state index contributed by atoms with van der Waals surface area (Å²) in [5.74, 6) is 0.117. The van der Waals surface area contributed by atoms with E-state index in [2.05, 4.69) is 20.2 Å². The van der Waals surface area contributed by atoms with Crippen molar-refractivity contribution < 1.29 is 17.3 Å². The predicted octanol–water partition coefficient (Wildman–Crippen LogP) is 0.715. The Bertz CT molecular complexity index is 730. The van der Waals surface area contributed by atoms with Crippen molar-refractivity contribution in [2.24, 2.45) is 0 Å². The molecule has 0 fully saturated rings. The summed E-state index contributed by atoms with van der Waals surface area (Å²) in [4.78, 5) is 3.87. The zero-order valence-electron chi connectivity index (χ0n) is 11.6. The van der Waals surface area contributed by atoms with E-state index in [9.17, 15) is 12.8 Å². The second kappa shape index (κ2) is 6.29. The lowest BCUT2D eigenvalue weighted by Crippen LogP contribution is -2.24. The van der Waals surface area contributed by atoms with Gasteiger partial charge in [-0.15, -0.1) is 0 Å². The van der Waals surface area contributed by atoms with Crippen LogP contribution in [0.15, 0.2) is 27.6 Å². The second-order valence-corrected chi connectivity index (χ2v) is 6.11. The largest absolute Gasteiger partial charge is 0.338 e. The maximum absolute atomic E-state index is 13.5. The fourth-order valence-electron chi connectivity index (χ4n) is 1.70. The zero-order valence-corrected chi connectivity index (χ0v) is 12.4. The summed E-state index contributed by atoms with van der Waals surface area (Å²) in [6, 6.07) is 3.61. The predicted molar refractivity (Wildman–Crippen MR) is 72.2 cm³/mol. The minimum absolute atomic E-state index is 0.0228. The third kappa shape index (κ3) is 3.84. The summed E-state index contributed by atoms with van der Waals surface area (Å²) in [7, 11) is -2.13. The summed E-state index contributed by atoms with van der Waals surface area (Å²) in [6.07, 6.45) is 0. The molecular weight excluding hydrogens is 299 g/mol. The lowest BCUT2D eigenvalue weighted by atomic mass is 10.2. The van der Waals surface area contributed by atoms with Crippen molar-refractivity contribution in [2.75, 3.05) is 7.05 Å². The van der Waals surface area contributed by atoms with Crippen LogP contribution in [0.5, 0.6) is 0 Å². The number of nitrogens with zero attached hydrogens (tertiary/aromatic N) is 2. The van der Waals surface area contributed by atoms with E-state index in [-0.39, 0.29) is 29.4 Å². The van der Waals surface area contributed by atoms with E-state index in [1.54, 1.807) is 14.0 Å². The normalized spacial score (nSPS) is 11.8. The van der Waals surface area contributed by atoms with Gasteiger partial charge in [0.15, 0.2) is 5.82 Å². The van der Waals surface area contributed by atoms with Gasteiger partial charge in [-0.2, -0.15) is 4.98 Å². The number of aromatic nitrogens is 2. The molecule has 0 spiro atoms. The Morgan fingerprint density at radius 1 is 1.33 bits per heavy atom. The van der Waals surface area contributed by atoms with Crippen LogP contribution in [0.3, 0.4) is 0 Å². The number of nitrogens with one attached hydrogen (secondary N) is 2. The molecule has 0 saturated carbocycles. The van der Waals surface area contributed by atoms with Crippen LogP contribution in [-0.4, -0.2) is 25.6 Å². The number of hydrogen-bond acceptors (Lipinski definition) is 6. The maximum Gasteiger partial charge on any atom is 0.241 e. The lowest BCUT2D eigenvalue weighted by Gasteiger charge is -2.08. The molecule has 0 aliphatic rings. The molecule has 21 heavy (non-hydrogen) atoms. The van der Waals surface area contributed by atoms with Gasteiger partial charge in [0.25, 0.3) is 0 Å². The first-order chi connectivity index (χ1) is 9.92.